The molecule has 1 saturated heterocycles. The third-order valence-electron chi connectivity index (χ3n) is 5.33. The molecule has 2 heterocycles. The predicted octanol–water partition coefficient (Wildman–Crippen LogP) is 2.26. The Labute approximate surface area is 184 Å². The van der Waals surface area contributed by atoms with Crippen LogP contribution in [0.15, 0.2) is 59.5 Å². The lowest BCUT2D eigenvalue weighted by Crippen LogP contribution is -2.52. The van der Waals surface area contributed by atoms with E-state index >= 15 is 0 Å². The summed E-state index contributed by atoms with van der Waals surface area (Å²) >= 11 is 0. The second kappa shape index (κ2) is 9.87. The van der Waals surface area contributed by atoms with Gasteiger partial charge in [0.05, 0.1) is 47.4 Å². The number of rotatable bonds is 7. The van der Waals surface area contributed by atoms with E-state index in [1.54, 1.807) is 6.20 Å². The number of benzene rings is 1. The van der Waals surface area contributed by atoms with Gasteiger partial charge >= 0.3 is 0 Å². The maximum atomic E-state index is 13.5. The zero-order valence-electron chi connectivity index (χ0n) is 17.3. The topological polar surface area (TPSA) is 133 Å². The van der Waals surface area contributed by atoms with Gasteiger partial charge in [0.1, 0.15) is 17.5 Å². The van der Waals surface area contributed by atoms with E-state index in [2.05, 4.69) is 21.4 Å². The standard InChI is InChI=1S/C22H23F2N7O/c23-15-1-3-17(4-2-15)30-20(26)19(21(27)32)14-29-22(5-8-25)6-9-31(10-7-22)18-11-16(24)12-28-13-18/h1-4,11-14,29H,5-7,9-10H2,(H2,26,30)(H2,27,32)/b19-14+. The summed E-state index contributed by atoms with van der Waals surface area (Å²) in [6, 6.07) is 8.87. The second-order valence-electron chi connectivity index (χ2n) is 7.50. The minimum atomic E-state index is -0.795. The molecule has 2 aromatic rings. The van der Waals surface area contributed by atoms with Crippen LogP contribution in [0.3, 0.4) is 0 Å². The van der Waals surface area contributed by atoms with Gasteiger partial charge in [-0.05, 0) is 37.1 Å². The highest BCUT2D eigenvalue weighted by molar-refractivity contribution is 6.20. The van der Waals surface area contributed by atoms with E-state index in [4.69, 9.17) is 11.5 Å². The SMILES string of the molecule is N#CCC1(N/C=C(/C(N)=O)C(N)=Nc2ccc(F)cc2)CCN(c2cncc(F)c2)CC1. The summed E-state index contributed by atoms with van der Waals surface area (Å²) in [4.78, 5) is 21.9. The Morgan fingerprint density at radius 1 is 1.22 bits per heavy atom. The first-order valence-electron chi connectivity index (χ1n) is 9.92. The van der Waals surface area contributed by atoms with Gasteiger partial charge in [0.2, 0.25) is 0 Å². The summed E-state index contributed by atoms with van der Waals surface area (Å²) in [6.07, 6.45) is 5.39. The number of aromatic nitrogens is 1. The molecule has 0 spiro atoms. The second-order valence-corrected chi connectivity index (χ2v) is 7.50. The van der Waals surface area contributed by atoms with E-state index in [0.717, 1.165) is 6.20 Å². The van der Waals surface area contributed by atoms with Crippen molar-refractivity contribution in [3.8, 4) is 6.07 Å². The van der Waals surface area contributed by atoms with Crippen LogP contribution in [-0.2, 0) is 4.79 Å². The monoisotopic (exact) mass is 439 g/mol. The van der Waals surface area contributed by atoms with E-state index in [9.17, 15) is 18.8 Å². The molecule has 166 valence electrons. The highest BCUT2D eigenvalue weighted by Gasteiger charge is 2.34. The quantitative estimate of drug-likeness (QED) is 0.344. The molecule has 0 radical (unpaired) electrons. The summed E-state index contributed by atoms with van der Waals surface area (Å²) < 4.78 is 26.6. The van der Waals surface area contributed by atoms with Gasteiger partial charge in [-0.25, -0.2) is 13.8 Å². The summed E-state index contributed by atoms with van der Waals surface area (Å²) in [5.41, 5.74) is 11.8. The third-order valence-corrected chi connectivity index (χ3v) is 5.33. The first-order valence-corrected chi connectivity index (χ1v) is 9.92. The van der Waals surface area contributed by atoms with Crippen molar-refractivity contribution < 1.29 is 13.6 Å². The number of amides is 1. The zero-order valence-corrected chi connectivity index (χ0v) is 17.3. The average molecular weight is 439 g/mol. The summed E-state index contributed by atoms with van der Waals surface area (Å²) in [6.45, 7) is 1.11. The van der Waals surface area contributed by atoms with Crippen molar-refractivity contribution in [2.45, 2.75) is 24.8 Å². The molecule has 10 heteroatoms. The average Bonchev–Trinajstić information content (AvgIpc) is 2.76. The number of nitrogens with one attached hydrogen (secondary N) is 1. The number of nitriles is 1. The van der Waals surface area contributed by atoms with Gasteiger partial charge < -0.3 is 21.7 Å². The molecule has 1 fully saturated rings. The molecule has 32 heavy (non-hydrogen) atoms. The minimum Gasteiger partial charge on any atom is -0.384 e. The maximum Gasteiger partial charge on any atom is 0.253 e. The Morgan fingerprint density at radius 3 is 2.50 bits per heavy atom. The van der Waals surface area contributed by atoms with E-state index in [1.165, 1.54) is 36.5 Å². The van der Waals surface area contributed by atoms with Gasteiger partial charge in [-0.2, -0.15) is 5.26 Å². The first kappa shape index (κ1) is 22.7. The first-order chi connectivity index (χ1) is 15.3. The fourth-order valence-electron chi connectivity index (χ4n) is 3.50. The number of nitrogens with two attached hydrogens (primary N) is 2. The number of amidine groups is 1. The number of carbonyl (C=O) groups is 1. The number of piperidine rings is 1. The molecule has 8 nitrogen and oxygen atoms in total. The molecule has 0 atom stereocenters. The molecule has 0 bridgehead atoms. The van der Waals surface area contributed by atoms with Crippen molar-refractivity contribution in [2.75, 3.05) is 18.0 Å². The van der Waals surface area contributed by atoms with Crippen LogP contribution >= 0.6 is 0 Å². The number of carbonyl (C=O) groups excluding carboxylic acids is 1. The minimum absolute atomic E-state index is 0.0524. The van der Waals surface area contributed by atoms with Gasteiger partial charge in [0.15, 0.2) is 0 Å². The van der Waals surface area contributed by atoms with Crippen molar-refractivity contribution in [1.82, 2.24) is 10.3 Å². The highest BCUT2D eigenvalue weighted by atomic mass is 19.1. The van der Waals surface area contributed by atoms with E-state index < -0.39 is 23.1 Å². The van der Waals surface area contributed by atoms with Crippen LogP contribution in [0.2, 0.25) is 0 Å². The fourth-order valence-corrected chi connectivity index (χ4v) is 3.50. The lowest BCUT2D eigenvalue weighted by atomic mass is 9.84. The number of hydrogen-bond donors (Lipinski definition) is 3. The lowest BCUT2D eigenvalue weighted by Gasteiger charge is -2.42. The number of halogens is 2. The van der Waals surface area contributed by atoms with Gasteiger partial charge in [0.25, 0.3) is 5.91 Å². The molecule has 1 aliphatic rings. The van der Waals surface area contributed by atoms with Crippen LogP contribution in [0.4, 0.5) is 20.2 Å². The van der Waals surface area contributed by atoms with Crippen LogP contribution in [0.1, 0.15) is 19.3 Å². The molecule has 1 amide bonds. The van der Waals surface area contributed by atoms with Crippen LogP contribution in [-0.4, -0.2) is 35.4 Å². The molecular weight excluding hydrogens is 416 g/mol. The predicted molar refractivity (Wildman–Crippen MR) is 117 cm³/mol. The number of primary amides is 1. The van der Waals surface area contributed by atoms with Crippen molar-refractivity contribution >= 4 is 23.1 Å². The molecule has 1 aromatic carbocycles. The Balaban J connectivity index is 1.77. The smallest absolute Gasteiger partial charge is 0.253 e. The maximum absolute atomic E-state index is 13.5. The van der Waals surface area contributed by atoms with Crippen LogP contribution in [0.5, 0.6) is 0 Å². The van der Waals surface area contributed by atoms with Crippen LogP contribution in [0, 0.1) is 23.0 Å². The summed E-state index contributed by atoms with van der Waals surface area (Å²) in [5, 5.41) is 12.5. The summed E-state index contributed by atoms with van der Waals surface area (Å²) in [7, 11) is 0. The molecule has 0 unspecified atom stereocenters. The molecule has 3 rings (SSSR count). The molecular formula is C22H23F2N7O. The van der Waals surface area contributed by atoms with Crippen molar-refractivity contribution in [3.63, 3.8) is 0 Å². The van der Waals surface area contributed by atoms with Crippen LogP contribution < -0.4 is 21.7 Å². The fraction of sp³-hybridized carbons (Fsp3) is 0.273. The van der Waals surface area contributed by atoms with Gasteiger partial charge in [-0.1, -0.05) is 0 Å². The van der Waals surface area contributed by atoms with E-state index in [1.807, 2.05) is 4.90 Å². The molecule has 0 aliphatic carbocycles. The number of pyridine rings is 1. The van der Waals surface area contributed by atoms with Crippen LogP contribution in [0.25, 0.3) is 0 Å². The van der Waals surface area contributed by atoms with Gasteiger partial charge in [-0.3, -0.25) is 9.78 Å². The Morgan fingerprint density at radius 2 is 1.91 bits per heavy atom. The largest absolute Gasteiger partial charge is 0.384 e. The number of hydrogen-bond acceptors (Lipinski definition) is 6. The molecule has 5 N–H and O–H groups in total. The number of nitrogens with zero attached hydrogens (tertiary/aromatic N) is 4. The Hall–Kier alpha value is -4.00. The van der Waals surface area contributed by atoms with Crippen molar-refractivity contribution in [2.24, 2.45) is 16.5 Å². The van der Waals surface area contributed by atoms with E-state index in [0.29, 0.717) is 37.3 Å². The molecule has 1 aliphatic heterocycles. The third kappa shape index (κ3) is 5.57. The molecule has 1 aromatic heterocycles. The van der Waals surface area contributed by atoms with Gasteiger partial charge in [-0.15, -0.1) is 0 Å². The normalized spacial score (nSPS) is 16.3. The number of anilines is 1. The molecule has 0 saturated carbocycles. The van der Waals surface area contributed by atoms with Crippen molar-refractivity contribution in [3.05, 3.63) is 66.1 Å². The number of aliphatic imine (C=N–C) groups is 1. The van der Waals surface area contributed by atoms with E-state index in [-0.39, 0.29) is 17.8 Å². The van der Waals surface area contributed by atoms with Crippen molar-refractivity contribution in [1.29, 1.82) is 5.26 Å². The Kier molecular flexibility index (Phi) is 7.00. The van der Waals surface area contributed by atoms with Gasteiger partial charge in [0, 0.05) is 25.4 Å². The highest BCUT2D eigenvalue weighted by Crippen LogP contribution is 2.29. The zero-order chi connectivity index (χ0) is 23.1. The summed E-state index contributed by atoms with van der Waals surface area (Å²) in [5.74, 6) is -1.77. The lowest BCUT2D eigenvalue weighted by molar-refractivity contribution is -0.114. The Bertz CT molecular complexity index is 1070.